The molecular formula is C12H15BrN4O3S. The highest BCUT2D eigenvalue weighted by atomic mass is 79.9. The lowest BCUT2D eigenvalue weighted by atomic mass is 10.2. The first kappa shape index (κ1) is 14.6. The number of amides is 2. The molecule has 2 fully saturated rings. The van der Waals surface area contributed by atoms with Crippen LogP contribution in [0.4, 0.5) is 10.5 Å². The van der Waals surface area contributed by atoms with Gasteiger partial charge in [0.2, 0.25) is 10.0 Å². The maximum absolute atomic E-state index is 12.7. The maximum atomic E-state index is 12.7. The zero-order chi connectivity index (χ0) is 15.2. The van der Waals surface area contributed by atoms with Crippen molar-refractivity contribution in [2.75, 3.05) is 31.9 Å². The van der Waals surface area contributed by atoms with Gasteiger partial charge in [0.05, 0.1) is 11.7 Å². The van der Waals surface area contributed by atoms with E-state index in [-0.39, 0.29) is 35.7 Å². The smallest absolute Gasteiger partial charge is 0.317 e. The molecule has 0 spiro atoms. The second-order valence-corrected chi connectivity index (χ2v) is 7.90. The first-order valence-electron chi connectivity index (χ1n) is 6.49. The van der Waals surface area contributed by atoms with Crippen LogP contribution in [0.5, 0.6) is 0 Å². The second kappa shape index (κ2) is 5.15. The Morgan fingerprint density at radius 1 is 1.33 bits per heavy atom. The Morgan fingerprint density at radius 3 is 2.86 bits per heavy atom. The number of nitrogen functional groups attached to an aromatic ring is 1. The van der Waals surface area contributed by atoms with E-state index in [1.54, 1.807) is 17.0 Å². The molecule has 0 saturated carbocycles. The summed E-state index contributed by atoms with van der Waals surface area (Å²) in [6.07, 6.45) is 0. The lowest BCUT2D eigenvalue weighted by molar-refractivity contribution is 0.164. The molecule has 0 aliphatic carbocycles. The molecule has 2 heterocycles. The fourth-order valence-electron chi connectivity index (χ4n) is 2.66. The zero-order valence-electron chi connectivity index (χ0n) is 11.1. The van der Waals surface area contributed by atoms with Crippen LogP contribution in [-0.2, 0) is 10.0 Å². The first-order chi connectivity index (χ1) is 9.89. The lowest BCUT2D eigenvalue weighted by Gasteiger charge is -2.35. The molecule has 0 bridgehead atoms. The van der Waals surface area contributed by atoms with E-state index in [9.17, 15) is 13.2 Å². The Bertz CT molecular complexity index is 694. The summed E-state index contributed by atoms with van der Waals surface area (Å²) in [6, 6.07) is 4.53. The number of fused-ring (bicyclic) bond motifs is 1. The van der Waals surface area contributed by atoms with Gasteiger partial charge < -0.3 is 16.0 Å². The number of urea groups is 1. The van der Waals surface area contributed by atoms with Gasteiger partial charge in [0.1, 0.15) is 4.90 Å². The molecule has 2 amide bonds. The minimum Gasteiger partial charge on any atom is -0.398 e. The molecule has 0 aromatic heterocycles. The molecule has 2 aliphatic rings. The number of hydrogen-bond acceptors (Lipinski definition) is 4. The van der Waals surface area contributed by atoms with Crippen molar-refractivity contribution < 1.29 is 13.2 Å². The van der Waals surface area contributed by atoms with Crippen LogP contribution >= 0.6 is 15.9 Å². The largest absolute Gasteiger partial charge is 0.398 e. The summed E-state index contributed by atoms with van der Waals surface area (Å²) in [4.78, 5) is 13.3. The van der Waals surface area contributed by atoms with E-state index in [4.69, 9.17) is 5.73 Å². The first-order valence-corrected chi connectivity index (χ1v) is 8.72. The number of anilines is 1. The van der Waals surface area contributed by atoms with Crippen LogP contribution in [-0.4, -0.2) is 55.9 Å². The van der Waals surface area contributed by atoms with Gasteiger partial charge in [-0.1, -0.05) is 15.9 Å². The summed E-state index contributed by atoms with van der Waals surface area (Å²) in [5.74, 6) is 0. The monoisotopic (exact) mass is 374 g/mol. The molecule has 1 atom stereocenters. The van der Waals surface area contributed by atoms with E-state index in [0.717, 1.165) is 0 Å². The van der Waals surface area contributed by atoms with Crippen molar-refractivity contribution in [2.45, 2.75) is 10.9 Å². The number of nitrogens with one attached hydrogen (secondary N) is 1. The standard InChI is InChI=1S/C12H15BrN4O3S/c13-8-1-2-10(14)11(5-8)21(19,20)16-3-4-17-9(7-16)6-15-12(17)18/h1-2,5,9H,3-4,6-7,14H2,(H,15,18). The Kier molecular flexibility index (Phi) is 3.58. The highest BCUT2D eigenvalue weighted by Crippen LogP contribution is 2.28. The average molecular weight is 375 g/mol. The topological polar surface area (TPSA) is 95.7 Å². The summed E-state index contributed by atoms with van der Waals surface area (Å²) < 4.78 is 27.5. The van der Waals surface area contributed by atoms with Crippen LogP contribution in [0, 0.1) is 0 Å². The predicted molar refractivity (Wildman–Crippen MR) is 81.2 cm³/mol. The molecule has 1 aromatic carbocycles. The number of nitrogens with two attached hydrogens (primary N) is 1. The normalized spacial score (nSPS) is 23.0. The summed E-state index contributed by atoms with van der Waals surface area (Å²) in [6.45, 7) is 1.42. The molecule has 1 aromatic rings. The Hall–Kier alpha value is -1.32. The lowest BCUT2D eigenvalue weighted by Crippen LogP contribution is -2.53. The van der Waals surface area contributed by atoms with E-state index in [1.807, 2.05) is 0 Å². The molecule has 7 nitrogen and oxygen atoms in total. The van der Waals surface area contributed by atoms with Crippen molar-refractivity contribution in [3.63, 3.8) is 0 Å². The third kappa shape index (κ3) is 2.49. The van der Waals surface area contributed by atoms with Gasteiger partial charge in [-0.25, -0.2) is 13.2 Å². The van der Waals surface area contributed by atoms with E-state index in [1.165, 1.54) is 10.4 Å². The van der Waals surface area contributed by atoms with Gasteiger partial charge >= 0.3 is 6.03 Å². The Morgan fingerprint density at radius 2 is 2.10 bits per heavy atom. The minimum absolute atomic E-state index is 0.0996. The zero-order valence-corrected chi connectivity index (χ0v) is 13.5. The molecule has 21 heavy (non-hydrogen) atoms. The van der Waals surface area contributed by atoms with Crippen molar-refractivity contribution in [3.8, 4) is 0 Å². The van der Waals surface area contributed by atoms with Crippen molar-refractivity contribution in [1.82, 2.24) is 14.5 Å². The molecule has 2 aliphatic heterocycles. The van der Waals surface area contributed by atoms with Crippen LogP contribution in [0.3, 0.4) is 0 Å². The minimum atomic E-state index is -3.66. The third-order valence-electron chi connectivity index (χ3n) is 3.79. The number of benzene rings is 1. The van der Waals surface area contributed by atoms with Gasteiger partial charge in [-0.3, -0.25) is 0 Å². The van der Waals surface area contributed by atoms with Crippen molar-refractivity contribution in [3.05, 3.63) is 22.7 Å². The van der Waals surface area contributed by atoms with Gasteiger partial charge in [-0.05, 0) is 18.2 Å². The van der Waals surface area contributed by atoms with Gasteiger partial charge in [-0.15, -0.1) is 0 Å². The Balaban J connectivity index is 1.89. The number of piperazine rings is 1. The fourth-order valence-corrected chi connectivity index (χ4v) is 4.79. The van der Waals surface area contributed by atoms with Gasteiger partial charge in [-0.2, -0.15) is 4.31 Å². The molecule has 1 unspecified atom stereocenters. The number of rotatable bonds is 2. The van der Waals surface area contributed by atoms with Crippen LogP contribution in [0.25, 0.3) is 0 Å². The highest BCUT2D eigenvalue weighted by Gasteiger charge is 2.40. The van der Waals surface area contributed by atoms with Crippen molar-refractivity contribution >= 4 is 37.7 Å². The van der Waals surface area contributed by atoms with Gasteiger partial charge in [0, 0.05) is 30.7 Å². The van der Waals surface area contributed by atoms with E-state index in [2.05, 4.69) is 21.2 Å². The van der Waals surface area contributed by atoms with E-state index in [0.29, 0.717) is 17.6 Å². The fraction of sp³-hybridized carbons (Fsp3) is 0.417. The molecule has 3 N–H and O–H groups in total. The molecular weight excluding hydrogens is 360 g/mol. The highest BCUT2D eigenvalue weighted by molar-refractivity contribution is 9.10. The van der Waals surface area contributed by atoms with Crippen LogP contribution in [0.1, 0.15) is 0 Å². The molecule has 3 rings (SSSR count). The number of nitrogens with zero attached hydrogens (tertiary/aromatic N) is 2. The SMILES string of the molecule is Nc1ccc(Br)cc1S(=O)(=O)N1CCN2C(=O)NCC2C1. The van der Waals surface area contributed by atoms with E-state index >= 15 is 0 Å². The van der Waals surface area contributed by atoms with Crippen LogP contribution < -0.4 is 11.1 Å². The molecule has 9 heteroatoms. The number of halogens is 1. The third-order valence-corrected chi connectivity index (χ3v) is 6.20. The molecule has 114 valence electrons. The Labute approximate surface area is 131 Å². The molecule has 0 radical (unpaired) electrons. The summed E-state index contributed by atoms with van der Waals surface area (Å²) in [5.41, 5.74) is 6.03. The van der Waals surface area contributed by atoms with Gasteiger partial charge in [0.15, 0.2) is 0 Å². The summed E-state index contributed by atoms with van der Waals surface area (Å²) in [5, 5.41) is 2.73. The second-order valence-electron chi connectivity index (χ2n) is 5.08. The molecule has 2 saturated heterocycles. The van der Waals surface area contributed by atoms with Crippen molar-refractivity contribution in [2.24, 2.45) is 0 Å². The average Bonchev–Trinajstić information content (AvgIpc) is 2.82. The van der Waals surface area contributed by atoms with Crippen LogP contribution in [0.15, 0.2) is 27.6 Å². The quantitative estimate of drug-likeness (QED) is 0.733. The van der Waals surface area contributed by atoms with Crippen molar-refractivity contribution in [1.29, 1.82) is 0 Å². The number of sulfonamides is 1. The maximum Gasteiger partial charge on any atom is 0.317 e. The number of hydrogen-bond donors (Lipinski definition) is 2. The number of carbonyl (C=O) groups excluding carboxylic acids is 1. The predicted octanol–water partition coefficient (Wildman–Crippen LogP) is 0.429. The van der Waals surface area contributed by atoms with E-state index < -0.39 is 10.0 Å². The summed E-state index contributed by atoms with van der Waals surface area (Å²) in [7, 11) is -3.66. The van der Waals surface area contributed by atoms with Gasteiger partial charge in [0.25, 0.3) is 0 Å². The van der Waals surface area contributed by atoms with Crippen LogP contribution in [0.2, 0.25) is 0 Å². The summed E-state index contributed by atoms with van der Waals surface area (Å²) >= 11 is 3.26. The number of carbonyl (C=O) groups is 1.